The van der Waals surface area contributed by atoms with E-state index >= 15 is 0 Å². The summed E-state index contributed by atoms with van der Waals surface area (Å²) in [6.07, 6.45) is -0.998. The average Bonchev–Trinajstić information content (AvgIpc) is 2.75. The largest absolute Gasteiger partial charge is 0.292 e. The summed E-state index contributed by atoms with van der Waals surface area (Å²) in [6, 6.07) is 2.85. The number of alkyl halides is 2. The van der Waals surface area contributed by atoms with Gasteiger partial charge in [-0.05, 0) is 12.1 Å². The molecule has 0 atom stereocenters. The molecule has 3 N–H and O–H groups in total. The lowest BCUT2D eigenvalue weighted by Gasteiger charge is -2.05. The number of nitrogen functional groups attached to an aromatic ring is 1. The van der Waals surface area contributed by atoms with Gasteiger partial charge in [0.1, 0.15) is 11.4 Å². The van der Waals surface area contributed by atoms with Crippen molar-refractivity contribution in [3.05, 3.63) is 24.0 Å². The number of hydrogen-bond donors (Lipinski definition) is 2. The zero-order valence-corrected chi connectivity index (χ0v) is 8.93. The first-order valence-electron chi connectivity index (χ1n) is 4.74. The summed E-state index contributed by atoms with van der Waals surface area (Å²) in [5.74, 6) is 5.06. The molecule has 2 aromatic heterocycles. The van der Waals surface area contributed by atoms with Crippen molar-refractivity contribution in [2.45, 2.75) is 6.43 Å². The molecule has 0 aliphatic carbocycles. The van der Waals surface area contributed by atoms with Crippen LogP contribution in [0.2, 0.25) is 0 Å². The van der Waals surface area contributed by atoms with Crippen LogP contribution in [0.15, 0.2) is 18.3 Å². The Morgan fingerprint density at radius 2 is 2.12 bits per heavy atom. The van der Waals surface area contributed by atoms with E-state index in [9.17, 15) is 8.78 Å². The highest BCUT2D eigenvalue weighted by Crippen LogP contribution is 2.23. The molecule has 0 fully saturated rings. The number of anilines is 1. The monoisotopic (exact) mass is 240 g/mol. The topological polar surface area (TPSA) is 81.7 Å². The number of aryl methyl sites for hydroxylation is 1. The molecule has 2 heterocycles. The fraction of sp³-hybridized carbons (Fsp3) is 0.222. The molecule has 8 heteroatoms. The van der Waals surface area contributed by atoms with Gasteiger partial charge in [-0.15, -0.1) is 0 Å². The molecule has 2 aromatic rings. The number of hydrogen-bond acceptors (Lipinski definition) is 5. The second kappa shape index (κ2) is 4.42. The Kier molecular flexibility index (Phi) is 2.96. The maximum absolute atomic E-state index is 12.6. The van der Waals surface area contributed by atoms with E-state index in [1.807, 2.05) is 0 Å². The molecule has 2 rings (SSSR count). The lowest BCUT2D eigenvalue weighted by molar-refractivity contribution is 0.146. The summed E-state index contributed by atoms with van der Waals surface area (Å²) in [7, 11) is 1.72. The Morgan fingerprint density at radius 3 is 2.65 bits per heavy atom. The van der Waals surface area contributed by atoms with Gasteiger partial charge >= 0.3 is 0 Å². The standard InChI is InChI=1S/C9H10F2N6/c1-17-3-2-5(16-17)6-4-7(8(10)11)14-9(13-6)15-12/h2-4,8H,12H2,1H3,(H,13,14,15). The number of aromatic nitrogens is 4. The molecule has 0 aliphatic rings. The number of halogens is 2. The molecule has 0 radical (unpaired) electrons. The maximum Gasteiger partial charge on any atom is 0.280 e. The average molecular weight is 240 g/mol. The fourth-order valence-electron chi connectivity index (χ4n) is 1.33. The van der Waals surface area contributed by atoms with Crippen molar-refractivity contribution in [2.75, 3.05) is 5.43 Å². The molecule has 0 aromatic carbocycles. The summed E-state index contributed by atoms with van der Waals surface area (Å²) >= 11 is 0. The molecule has 0 saturated heterocycles. The predicted molar refractivity (Wildman–Crippen MR) is 57.0 cm³/mol. The molecule has 0 unspecified atom stereocenters. The van der Waals surface area contributed by atoms with Gasteiger partial charge in [-0.2, -0.15) is 5.10 Å². The predicted octanol–water partition coefficient (Wildman–Crippen LogP) is 1.10. The molecule has 0 aliphatic heterocycles. The number of rotatable bonds is 3. The van der Waals surface area contributed by atoms with Crippen LogP contribution in [0.3, 0.4) is 0 Å². The molecule has 0 saturated carbocycles. The Hall–Kier alpha value is -2.09. The van der Waals surface area contributed by atoms with Gasteiger partial charge in [0.05, 0.1) is 5.69 Å². The van der Waals surface area contributed by atoms with Crippen molar-refractivity contribution in [3.63, 3.8) is 0 Å². The van der Waals surface area contributed by atoms with E-state index in [1.165, 1.54) is 6.07 Å². The van der Waals surface area contributed by atoms with E-state index in [2.05, 4.69) is 20.5 Å². The van der Waals surface area contributed by atoms with Crippen LogP contribution >= 0.6 is 0 Å². The van der Waals surface area contributed by atoms with Gasteiger partial charge in [0.15, 0.2) is 0 Å². The van der Waals surface area contributed by atoms with Crippen LogP contribution in [0.25, 0.3) is 11.4 Å². The van der Waals surface area contributed by atoms with Gasteiger partial charge in [0.25, 0.3) is 6.43 Å². The van der Waals surface area contributed by atoms with E-state index in [4.69, 9.17) is 5.84 Å². The van der Waals surface area contributed by atoms with Gasteiger partial charge in [0.2, 0.25) is 5.95 Å². The molecule has 0 bridgehead atoms. The van der Waals surface area contributed by atoms with Crippen molar-refractivity contribution >= 4 is 5.95 Å². The van der Waals surface area contributed by atoms with Crippen LogP contribution in [-0.4, -0.2) is 19.7 Å². The Bertz CT molecular complexity index is 524. The minimum atomic E-state index is -2.69. The summed E-state index contributed by atoms with van der Waals surface area (Å²) in [6.45, 7) is 0. The molecule has 90 valence electrons. The normalized spacial score (nSPS) is 10.9. The van der Waals surface area contributed by atoms with E-state index < -0.39 is 12.1 Å². The first-order chi connectivity index (χ1) is 8.10. The first kappa shape index (κ1) is 11.4. The van der Waals surface area contributed by atoms with Crippen molar-refractivity contribution in [3.8, 4) is 11.4 Å². The van der Waals surface area contributed by atoms with Crippen LogP contribution < -0.4 is 11.3 Å². The highest BCUT2D eigenvalue weighted by Gasteiger charge is 2.14. The Balaban J connectivity index is 2.49. The number of nitrogens with zero attached hydrogens (tertiary/aromatic N) is 4. The number of hydrazine groups is 1. The molecule has 0 spiro atoms. The van der Waals surface area contributed by atoms with Crippen molar-refractivity contribution in [2.24, 2.45) is 12.9 Å². The van der Waals surface area contributed by atoms with E-state index in [-0.39, 0.29) is 5.95 Å². The Labute approximate surface area is 95.5 Å². The fourth-order valence-corrected chi connectivity index (χ4v) is 1.33. The first-order valence-corrected chi connectivity index (χ1v) is 4.74. The van der Waals surface area contributed by atoms with Gasteiger partial charge in [-0.25, -0.2) is 24.6 Å². The van der Waals surface area contributed by atoms with Crippen LogP contribution in [0.1, 0.15) is 12.1 Å². The van der Waals surface area contributed by atoms with Crippen LogP contribution in [0.5, 0.6) is 0 Å². The van der Waals surface area contributed by atoms with Crippen LogP contribution in [0.4, 0.5) is 14.7 Å². The summed E-state index contributed by atoms with van der Waals surface area (Å²) in [5.41, 5.74) is 2.53. The minimum Gasteiger partial charge on any atom is -0.292 e. The van der Waals surface area contributed by atoms with Crippen molar-refractivity contribution in [1.82, 2.24) is 19.7 Å². The maximum atomic E-state index is 12.6. The lowest BCUT2D eigenvalue weighted by Crippen LogP contribution is -2.12. The molecular weight excluding hydrogens is 230 g/mol. The molecule has 6 nitrogen and oxygen atoms in total. The van der Waals surface area contributed by atoms with Crippen molar-refractivity contribution in [1.29, 1.82) is 0 Å². The van der Waals surface area contributed by atoms with Gasteiger partial charge < -0.3 is 0 Å². The third-order valence-corrected chi connectivity index (χ3v) is 2.07. The number of nitrogens with two attached hydrogens (primary N) is 1. The van der Waals surface area contributed by atoms with E-state index in [0.29, 0.717) is 11.4 Å². The molecular formula is C9H10F2N6. The van der Waals surface area contributed by atoms with Crippen LogP contribution in [0, 0.1) is 0 Å². The second-order valence-corrected chi connectivity index (χ2v) is 3.32. The third kappa shape index (κ3) is 2.36. The zero-order chi connectivity index (χ0) is 12.4. The van der Waals surface area contributed by atoms with E-state index in [1.54, 1.807) is 24.0 Å². The molecule has 0 amide bonds. The summed E-state index contributed by atoms with van der Waals surface area (Å²) < 4.78 is 26.8. The van der Waals surface area contributed by atoms with E-state index in [0.717, 1.165) is 0 Å². The SMILES string of the molecule is Cn1ccc(-c2cc(C(F)F)nc(NN)n2)n1. The van der Waals surface area contributed by atoms with Crippen molar-refractivity contribution < 1.29 is 8.78 Å². The van der Waals surface area contributed by atoms with Gasteiger partial charge in [-0.3, -0.25) is 10.1 Å². The van der Waals surface area contributed by atoms with Crippen LogP contribution in [-0.2, 0) is 7.05 Å². The lowest BCUT2D eigenvalue weighted by atomic mass is 10.2. The smallest absolute Gasteiger partial charge is 0.280 e. The Morgan fingerprint density at radius 1 is 1.35 bits per heavy atom. The zero-order valence-electron chi connectivity index (χ0n) is 8.93. The third-order valence-electron chi connectivity index (χ3n) is 2.07. The second-order valence-electron chi connectivity index (χ2n) is 3.32. The summed E-state index contributed by atoms with van der Waals surface area (Å²) in [4.78, 5) is 7.51. The summed E-state index contributed by atoms with van der Waals surface area (Å²) in [5, 5.41) is 4.07. The number of nitrogens with one attached hydrogen (secondary N) is 1. The molecule has 17 heavy (non-hydrogen) atoms. The van der Waals surface area contributed by atoms with Gasteiger partial charge in [-0.1, -0.05) is 0 Å². The minimum absolute atomic E-state index is 0.0662. The highest BCUT2D eigenvalue weighted by atomic mass is 19.3. The highest BCUT2D eigenvalue weighted by molar-refractivity contribution is 5.55. The quantitative estimate of drug-likeness (QED) is 0.620. The van der Waals surface area contributed by atoms with Gasteiger partial charge in [0, 0.05) is 13.2 Å².